The van der Waals surface area contributed by atoms with Crippen molar-refractivity contribution in [3.63, 3.8) is 0 Å². The quantitative estimate of drug-likeness (QED) is 0.783. The van der Waals surface area contributed by atoms with E-state index in [2.05, 4.69) is 5.32 Å². The molecule has 0 radical (unpaired) electrons. The Morgan fingerprint density at radius 3 is 2.94 bits per heavy atom. The van der Waals surface area contributed by atoms with Gasteiger partial charge < -0.3 is 0 Å². The van der Waals surface area contributed by atoms with Gasteiger partial charge in [-0.15, -0.1) is 11.3 Å². The number of carbonyl (C=O) groups excluding carboxylic acids is 3. The molecule has 1 aliphatic heterocycles. The molecule has 2 aliphatic rings. The van der Waals surface area contributed by atoms with Gasteiger partial charge in [-0.3, -0.25) is 19.8 Å². The Morgan fingerprint density at radius 1 is 1.33 bits per heavy atom. The highest BCUT2D eigenvalue weighted by Gasteiger charge is 2.38. The van der Waals surface area contributed by atoms with Crippen LogP contribution in [0.15, 0.2) is 11.4 Å². The summed E-state index contributed by atoms with van der Waals surface area (Å²) in [6.07, 6.45) is 2.51. The molecule has 1 saturated heterocycles. The second kappa shape index (κ2) is 4.20. The number of aryl methyl sites for hydroxylation is 1. The number of urea groups is 1. The second-order valence-corrected chi connectivity index (χ2v) is 5.50. The molecule has 0 aromatic carbocycles. The van der Waals surface area contributed by atoms with Gasteiger partial charge in [0, 0.05) is 4.88 Å². The van der Waals surface area contributed by atoms with Crippen molar-refractivity contribution in [3.8, 4) is 0 Å². The van der Waals surface area contributed by atoms with E-state index in [-0.39, 0.29) is 12.5 Å². The van der Waals surface area contributed by atoms with E-state index in [4.69, 9.17) is 0 Å². The first-order valence-corrected chi connectivity index (χ1v) is 6.77. The molecule has 1 N–H and O–H groups in total. The Kier molecular flexibility index (Phi) is 2.66. The summed E-state index contributed by atoms with van der Waals surface area (Å²) in [6, 6.07) is 1.18. The number of hydrogen-bond donors (Lipinski definition) is 1. The normalized spacial score (nSPS) is 23.9. The molecule has 94 valence electrons. The zero-order valence-corrected chi connectivity index (χ0v) is 10.5. The number of hydrogen-bond acceptors (Lipinski definition) is 4. The maximum atomic E-state index is 11.9. The van der Waals surface area contributed by atoms with Crippen LogP contribution in [0.5, 0.6) is 0 Å². The van der Waals surface area contributed by atoms with Crippen molar-refractivity contribution in [2.75, 3.05) is 0 Å². The summed E-state index contributed by atoms with van der Waals surface area (Å²) < 4.78 is 0. The molecule has 18 heavy (non-hydrogen) atoms. The van der Waals surface area contributed by atoms with Crippen LogP contribution < -0.4 is 5.32 Å². The first-order chi connectivity index (χ1) is 8.66. The van der Waals surface area contributed by atoms with Gasteiger partial charge in [-0.25, -0.2) is 4.79 Å². The molecule has 2 heterocycles. The number of nitrogens with zero attached hydrogens (tertiary/aromatic N) is 1. The van der Waals surface area contributed by atoms with Gasteiger partial charge >= 0.3 is 6.03 Å². The maximum absolute atomic E-state index is 11.9. The van der Waals surface area contributed by atoms with E-state index < -0.39 is 17.8 Å². The molecule has 0 saturated carbocycles. The van der Waals surface area contributed by atoms with Crippen molar-refractivity contribution in [3.05, 3.63) is 21.9 Å². The summed E-state index contributed by atoms with van der Waals surface area (Å²) >= 11 is 1.66. The van der Waals surface area contributed by atoms with Crippen LogP contribution in [0.4, 0.5) is 4.79 Å². The van der Waals surface area contributed by atoms with Gasteiger partial charge in [0.1, 0.15) is 6.42 Å². The van der Waals surface area contributed by atoms with Crippen LogP contribution >= 0.6 is 11.3 Å². The highest BCUT2D eigenvalue weighted by Crippen LogP contribution is 2.37. The lowest BCUT2D eigenvalue weighted by Gasteiger charge is -2.34. The van der Waals surface area contributed by atoms with E-state index in [1.54, 1.807) is 11.3 Å². The minimum absolute atomic E-state index is 0.208. The molecule has 0 bridgehead atoms. The molecule has 1 atom stereocenters. The molecule has 5 nitrogen and oxygen atoms in total. The van der Waals surface area contributed by atoms with Crippen molar-refractivity contribution < 1.29 is 14.4 Å². The lowest BCUT2D eigenvalue weighted by molar-refractivity contribution is -0.138. The Hall–Kier alpha value is -1.69. The summed E-state index contributed by atoms with van der Waals surface area (Å²) in [4.78, 5) is 37.3. The topological polar surface area (TPSA) is 66.5 Å². The van der Waals surface area contributed by atoms with Gasteiger partial charge in [0.15, 0.2) is 0 Å². The Labute approximate surface area is 108 Å². The van der Waals surface area contributed by atoms with Gasteiger partial charge in [0.2, 0.25) is 11.8 Å². The number of rotatable bonds is 1. The number of imide groups is 2. The molecular formula is C12H12N2O3S. The van der Waals surface area contributed by atoms with Crippen LogP contribution in [0, 0.1) is 0 Å². The lowest BCUT2D eigenvalue weighted by atomic mass is 9.92. The van der Waals surface area contributed by atoms with Gasteiger partial charge in [-0.2, -0.15) is 0 Å². The molecule has 1 aliphatic carbocycles. The first kappa shape index (κ1) is 11.4. The Balaban J connectivity index is 1.94. The summed E-state index contributed by atoms with van der Waals surface area (Å²) in [7, 11) is 0. The third kappa shape index (κ3) is 1.73. The monoisotopic (exact) mass is 264 g/mol. The Morgan fingerprint density at radius 2 is 2.17 bits per heavy atom. The van der Waals surface area contributed by atoms with Crippen LogP contribution in [-0.2, 0) is 16.0 Å². The number of thiophene rings is 1. The van der Waals surface area contributed by atoms with Crippen molar-refractivity contribution >= 4 is 29.2 Å². The number of carbonyl (C=O) groups is 3. The van der Waals surface area contributed by atoms with Crippen LogP contribution in [-0.4, -0.2) is 22.7 Å². The largest absolute Gasteiger partial charge is 0.331 e. The van der Waals surface area contributed by atoms with Crippen molar-refractivity contribution in [1.29, 1.82) is 0 Å². The smallest absolute Gasteiger partial charge is 0.277 e. The molecule has 3 rings (SSSR count). The van der Waals surface area contributed by atoms with Crippen molar-refractivity contribution in [1.82, 2.24) is 10.2 Å². The maximum Gasteiger partial charge on any atom is 0.331 e. The predicted octanol–water partition coefficient (Wildman–Crippen LogP) is 1.59. The summed E-state index contributed by atoms with van der Waals surface area (Å²) in [6.45, 7) is 0. The number of barbiturate groups is 1. The van der Waals surface area contributed by atoms with E-state index in [0.29, 0.717) is 0 Å². The van der Waals surface area contributed by atoms with Crippen molar-refractivity contribution in [2.24, 2.45) is 0 Å². The van der Waals surface area contributed by atoms with Crippen LogP contribution in [0.2, 0.25) is 0 Å². The van der Waals surface area contributed by atoms with E-state index >= 15 is 0 Å². The third-order valence-corrected chi connectivity index (χ3v) is 4.37. The van der Waals surface area contributed by atoms with Crippen LogP contribution in [0.1, 0.15) is 35.7 Å². The zero-order chi connectivity index (χ0) is 12.7. The summed E-state index contributed by atoms with van der Waals surface area (Å²) in [5.74, 6) is -0.907. The van der Waals surface area contributed by atoms with Gasteiger partial charge in [-0.05, 0) is 36.3 Å². The van der Waals surface area contributed by atoms with E-state index in [9.17, 15) is 14.4 Å². The predicted molar refractivity (Wildman–Crippen MR) is 65.0 cm³/mol. The third-order valence-electron chi connectivity index (χ3n) is 3.38. The summed E-state index contributed by atoms with van der Waals surface area (Å²) in [5, 5.41) is 4.20. The average molecular weight is 264 g/mol. The summed E-state index contributed by atoms with van der Waals surface area (Å²) in [5.41, 5.74) is 1.06. The fourth-order valence-electron chi connectivity index (χ4n) is 2.61. The van der Waals surface area contributed by atoms with E-state index in [1.165, 1.54) is 9.78 Å². The molecule has 1 aromatic heterocycles. The minimum Gasteiger partial charge on any atom is -0.277 e. The van der Waals surface area contributed by atoms with E-state index in [0.717, 1.165) is 24.8 Å². The van der Waals surface area contributed by atoms with E-state index in [1.807, 2.05) is 11.4 Å². The highest BCUT2D eigenvalue weighted by atomic mass is 32.1. The minimum atomic E-state index is -0.583. The number of nitrogens with one attached hydrogen (secondary N) is 1. The SMILES string of the molecule is O=C1CC(=O)N(C2CCCc3sccc32)C(=O)N1. The zero-order valence-electron chi connectivity index (χ0n) is 9.64. The van der Waals surface area contributed by atoms with Crippen LogP contribution in [0.3, 0.4) is 0 Å². The lowest BCUT2D eigenvalue weighted by Crippen LogP contribution is -2.54. The fraction of sp³-hybridized carbons (Fsp3) is 0.417. The molecule has 0 spiro atoms. The number of amides is 4. The highest BCUT2D eigenvalue weighted by molar-refractivity contribution is 7.10. The molecule has 6 heteroatoms. The van der Waals surface area contributed by atoms with Gasteiger partial charge in [0.25, 0.3) is 0 Å². The fourth-order valence-corrected chi connectivity index (χ4v) is 3.59. The molecule has 4 amide bonds. The van der Waals surface area contributed by atoms with Crippen molar-refractivity contribution in [2.45, 2.75) is 31.7 Å². The standard InChI is InChI=1S/C12H12N2O3S/c15-10-6-11(16)14(12(17)13-10)8-2-1-3-9-7(8)4-5-18-9/h4-5,8H,1-3,6H2,(H,13,15,17). The van der Waals surface area contributed by atoms with Gasteiger partial charge in [0.05, 0.1) is 6.04 Å². The molecular weight excluding hydrogens is 252 g/mol. The second-order valence-electron chi connectivity index (χ2n) is 4.50. The first-order valence-electron chi connectivity index (χ1n) is 5.89. The molecule has 1 unspecified atom stereocenters. The van der Waals surface area contributed by atoms with Crippen LogP contribution in [0.25, 0.3) is 0 Å². The number of fused-ring (bicyclic) bond motifs is 1. The molecule has 1 fully saturated rings. The molecule has 1 aromatic rings. The average Bonchev–Trinajstić information content (AvgIpc) is 2.76. The van der Waals surface area contributed by atoms with Gasteiger partial charge in [-0.1, -0.05) is 0 Å². The Bertz CT molecular complexity index is 517.